The Labute approximate surface area is 145 Å². The Balaban J connectivity index is 2.16. The molecule has 0 unspecified atom stereocenters. The number of benzene rings is 2. The predicted octanol–water partition coefficient (Wildman–Crippen LogP) is 4.55. The van der Waals surface area contributed by atoms with Crippen molar-refractivity contribution in [2.45, 2.75) is 13.3 Å². The van der Waals surface area contributed by atoms with Crippen LogP contribution in [0, 0.1) is 0 Å². The molecule has 1 N–H and O–H groups in total. The molecule has 0 bridgehead atoms. The number of carbonyl (C=O) groups excluding carboxylic acids is 1. The second-order valence-electron chi connectivity index (χ2n) is 4.71. The van der Waals surface area contributed by atoms with E-state index in [9.17, 15) is 4.79 Å². The maximum Gasteiger partial charge on any atom is 0.272 e. The molecule has 0 aliphatic heterocycles. The molecule has 23 heavy (non-hydrogen) atoms. The lowest BCUT2D eigenvalue weighted by Gasteiger charge is -2.07. The maximum absolute atomic E-state index is 12.2. The minimum atomic E-state index is -0.383. The SMILES string of the molecule is CCC(=NNC(=O)c1ccc(Cl)cc1Cl)c1ccc(OC)cc1. The summed E-state index contributed by atoms with van der Waals surface area (Å²) in [6, 6.07) is 12.2. The molecule has 2 aromatic rings. The number of carbonyl (C=O) groups is 1. The first-order valence-electron chi connectivity index (χ1n) is 7.01. The minimum Gasteiger partial charge on any atom is -0.497 e. The van der Waals surface area contributed by atoms with Crippen LogP contribution in [0.3, 0.4) is 0 Å². The molecular formula is C17H16Cl2N2O2. The Hall–Kier alpha value is -2.04. The fraction of sp³-hybridized carbons (Fsp3) is 0.176. The predicted molar refractivity (Wildman–Crippen MR) is 93.8 cm³/mol. The van der Waals surface area contributed by atoms with Gasteiger partial charge in [0.15, 0.2) is 0 Å². The molecule has 0 saturated heterocycles. The largest absolute Gasteiger partial charge is 0.497 e. The molecule has 6 heteroatoms. The van der Waals surface area contributed by atoms with Gasteiger partial charge in [0.2, 0.25) is 0 Å². The number of hydrogen-bond donors (Lipinski definition) is 1. The van der Waals surface area contributed by atoms with Gasteiger partial charge in [0.05, 0.1) is 23.4 Å². The topological polar surface area (TPSA) is 50.7 Å². The lowest BCUT2D eigenvalue weighted by molar-refractivity contribution is 0.0955. The summed E-state index contributed by atoms with van der Waals surface area (Å²) in [7, 11) is 1.61. The Morgan fingerprint density at radius 3 is 2.43 bits per heavy atom. The number of rotatable bonds is 5. The summed E-state index contributed by atoms with van der Waals surface area (Å²) >= 11 is 11.8. The van der Waals surface area contributed by atoms with Crippen LogP contribution in [0.2, 0.25) is 10.0 Å². The van der Waals surface area contributed by atoms with Crippen LogP contribution < -0.4 is 10.2 Å². The van der Waals surface area contributed by atoms with Gasteiger partial charge in [-0.3, -0.25) is 4.79 Å². The zero-order valence-electron chi connectivity index (χ0n) is 12.8. The van der Waals surface area contributed by atoms with Crippen molar-refractivity contribution in [3.05, 3.63) is 63.6 Å². The van der Waals surface area contributed by atoms with Crippen molar-refractivity contribution in [3.8, 4) is 5.75 Å². The van der Waals surface area contributed by atoms with Crippen LogP contribution in [0.5, 0.6) is 5.75 Å². The number of hydrogen-bond acceptors (Lipinski definition) is 3. The normalized spacial score (nSPS) is 11.2. The summed E-state index contributed by atoms with van der Waals surface area (Å²) in [4.78, 5) is 12.2. The fourth-order valence-corrected chi connectivity index (χ4v) is 2.48. The summed E-state index contributed by atoms with van der Waals surface area (Å²) in [6.07, 6.45) is 0.668. The van der Waals surface area contributed by atoms with Crippen molar-refractivity contribution >= 4 is 34.8 Å². The first kappa shape index (κ1) is 17.3. The monoisotopic (exact) mass is 350 g/mol. The van der Waals surface area contributed by atoms with Crippen molar-refractivity contribution in [1.29, 1.82) is 0 Å². The van der Waals surface area contributed by atoms with Crippen molar-refractivity contribution < 1.29 is 9.53 Å². The standard InChI is InChI=1S/C17H16Cl2N2O2/c1-3-16(11-4-7-13(23-2)8-5-11)20-21-17(22)14-9-6-12(18)10-15(14)19/h4-10H,3H2,1-2H3,(H,21,22). The first-order valence-corrected chi connectivity index (χ1v) is 7.77. The second kappa shape index (κ2) is 7.99. The van der Waals surface area contributed by atoms with E-state index in [0.717, 1.165) is 17.0 Å². The summed E-state index contributed by atoms with van der Waals surface area (Å²) in [5.74, 6) is 0.382. The van der Waals surface area contributed by atoms with Gasteiger partial charge in [-0.1, -0.05) is 30.1 Å². The van der Waals surface area contributed by atoms with E-state index in [-0.39, 0.29) is 10.9 Å². The van der Waals surface area contributed by atoms with Gasteiger partial charge in [-0.05, 0) is 54.4 Å². The van der Waals surface area contributed by atoms with Crippen LogP contribution >= 0.6 is 23.2 Å². The molecule has 0 saturated carbocycles. The number of amides is 1. The molecule has 0 aliphatic rings. The van der Waals surface area contributed by atoms with Gasteiger partial charge in [-0.2, -0.15) is 5.10 Å². The number of halogens is 2. The molecule has 0 aliphatic carbocycles. The lowest BCUT2D eigenvalue weighted by Crippen LogP contribution is -2.20. The third kappa shape index (κ3) is 4.47. The van der Waals surface area contributed by atoms with Gasteiger partial charge in [0, 0.05) is 5.02 Å². The van der Waals surface area contributed by atoms with Gasteiger partial charge >= 0.3 is 0 Å². The maximum atomic E-state index is 12.2. The highest BCUT2D eigenvalue weighted by Gasteiger charge is 2.10. The van der Waals surface area contributed by atoms with E-state index in [1.165, 1.54) is 6.07 Å². The molecule has 0 spiro atoms. The molecule has 120 valence electrons. The lowest BCUT2D eigenvalue weighted by atomic mass is 10.1. The molecule has 0 atom stereocenters. The van der Waals surface area contributed by atoms with Crippen LogP contribution in [-0.4, -0.2) is 18.7 Å². The first-order chi connectivity index (χ1) is 11.0. The quantitative estimate of drug-likeness (QED) is 0.635. The Bertz CT molecular complexity index is 728. The Morgan fingerprint density at radius 2 is 1.87 bits per heavy atom. The van der Waals surface area contributed by atoms with Crippen LogP contribution in [0.25, 0.3) is 0 Å². The third-order valence-electron chi connectivity index (χ3n) is 3.23. The molecule has 1 amide bonds. The molecular weight excluding hydrogens is 335 g/mol. The summed E-state index contributed by atoms with van der Waals surface area (Å²) in [5.41, 5.74) is 4.52. The van der Waals surface area contributed by atoms with E-state index < -0.39 is 0 Å². The number of ether oxygens (including phenoxy) is 1. The van der Waals surface area contributed by atoms with Gasteiger partial charge < -0.3 is 4.74 Å². The molecule has 0 fully saturated rings. The number of nitrogens with one attached hydrogen (secondary N) is 1. The average Bonchev–Trinajstić information content (AvgIpc) is 2.55. The van der Waals surface area contributed by atoms with Gasteiger partial charge in [-0.25, -0.2) is 5.43 Å². The second-order valence-corrected chi connectivity index (χ2v) is 5.55. The zero-order chi connectivity index (χ0) is 16.8. The molecule has 2 rings (SSSR count). The Morgan fingerprint density at radius 1 is 1.17 bits per heavy atom. The number of methoxy groups -OCH3 is 1. The Kier molecular flexibility index (Phi) is 6.02. The van der Waals surface area contributed by atoms with E-state index in [1.807, 2.05) is 31.2 Å². The van der Waals surface area contributed by atoms with E-state index in [1.54, 1.807) is 19.2 Å². The highest BCUT2D eigenvalue weighted by molar-refractivity contribution is 6.36. The van der Waals surface area contributed by atoms with E-state index in [4.69, 9.17) is 27.9 Å². The van der Waals surface area contributed by atoms with E-state index in [2.05, 4.69) is 10.5 Å². The highest BCUT2D eigenvalue weighted by Crippen LogP contribution is 2.21. The summed E-state index contributed by atoms with van der Waals surface area (Å²) < 4.78 is 5.13. The van der Waals surface area contributed by atoms with Crippen molar-refractivity contribution in [2.75, 3.05) is 7.11 Å². The molecule has 0 radical (unpaired) electrons. The van der Waals surface area contributed by atoms with Gasteiger partial charge in [0.25, 0.3) is 5.91 Å². The summed E-state index contributed by atoms with van der Waals surface area (Å²) in [6.45, 7) is 1.96. The number of nitrogens with zero attached hydrogens (tertiary/aromatic N) is 1. The molecule has 2 aromatic carbocycles. The van der Waals surface area contributed by atoms with Crippen molar-refractivity contribution in [2.24, 2.45) is 5.10 Å². The summed E-state index contributed by atoms with van der Waals surface area (Å²) in [5, 5.41) is 4.95. The fourth-order valence-electron chi connectivity index (χ4n) is 1.98. The average molecular weight is 351 g/mol. The minimum absolute atomic E-state index is 0.285. The molecule has 0 heterocycles. The van der Waals surface area contributed by atoms with Crippen LogP contribution in [0.15, 0.2) is 47.6 Å². The third-order valence-corrected chi connectivity index (χ3v) is 3.77. The highest BCUT2D eigenvalue weighted by atomic mass is 35.5. The molecule has 4 nitrogen and oxygen atoms in total. The zero-order valence-corrected chi connectivity index (χ0v) is 14.3. The van der Waals surface area contributed by atoms with Crippen LogP contribution in [0.4, 0.5) is 0 Å². The smallest absolute Gasteiger partial charge is 0.272 e. The van der Waals surface area contributed by atoms with Gasteiger partial charge in [0.1, 0.15) is 5.75 Å². The van der Waals surface area contributed by atoms with Gasteiger partial charge in [-0.15, -0.1) is 0 Å². The van der Waals surface area contributed by atoms with Crippen molar-refractivity contribution in [1.82, 2.24) is 5.43 Å². The van der Waals surface area contributed by atoms with E-state index >= 15 is 0 Å². The van der Waals surface area contributed by atoms with E-state index in [0.29, 0.717) is 17.0 Å². The number of hydrazone groups is 1. The van der Waals surface area contributed by atoms with Crippen LogP contribution in [0.1, 0.15) is 29.3 Å². The molecule has 0 aromatic heterocycles. The van der Waals surface area contributed by atoms with Crippen molar-refractivity contribution in [3.63, 3.8) is 0 Å². The van der Waals surface area contributed by atoms with Crippen LogP contribution in [-0.2, 0) is 0 Å².